The van der Waals surface area contributed by atoms with Gasteiger partial charge in [-0.2, -0.15) is 0 Å². The number of nitrogens with one attached hydrogen (secondary N) is 1. The predicted molar refractivity (Wildman–Crippen MR) is 81.9 cm³/mol. The Hall–Kier alpha value is -1.74. The largest absolute Gasteiger partial charge is 0.303 e. The standard InChI is InChI=1S/C18H21F2N/c1-12(2)18(14-7-5-4-6-8-14)21-13(3)16-10-9-15(19)11-17(16)20/h4-13,18,21H,1-3H3. The molecule has 0 fully saturated rings. The Morgan fingerprint density at radius 2 is 1.57 bits per heavy atom. The summed E-state index contributed by atoms with van der Waals surface area (Å²) >= 11 is 0. The van der Waals surface area contributed by atoms with Gasteiger partial charge < -0.3 is 5.32 Å². The zero-order valence-electron chi connectivity index (χ0n) is 12.6. The number of rotatable bonds is 5. The highest BCUT2D eigenvalue weighted by molar-refractivity contribution is 5.24. The summed E-state index contributed by atoms with van der Waals surface area (Å²) in [7, 11) is 0. The maximum Gasteiger partial charge on any atom is 0.130 e. The molecule has 0 aliphatic rings. The number of halogens is 2. The van der Waals surface area contributed by atoms with Gasteiger partial charge in [-0.05, 0) is 24.5 Å². The number of hydrogen-bond acceptors (Lipinski definition) is 1. The van der Waals surface area contributed by atoms with Crippen molar-refractivity contribution < 1.29 is 8.78 Å². The van der Waals surface area contributed by atoms with Gasteiger partial charge in [-0.3, -0.25) is 0 Å². The number of hydrogen-bond donors (Lipinski definition) is 1. The summed E-state index contributed by atoms with van der Waals surface area (Å²) in [6.45, 7) is 6.14. The van der Waals surface area contributed by atoms with Gasteiger partial charge in [0.1, 0.15) is 11.6 Å². The Kier molecular flexibility index (Phi) is 5.07. The minimum absolute atomic E-state index is 0.116. The summed E-state index contributed by atoms with van der Waals surface area (Å²) in [5.74, 6) is -0.698. The van der Waals surface area contributed by atoms with Crippen molar-refractivity contribution in [3.63, 3.8) is 0 Å². The van der Waals surface area contributed by atoms with E-state index in [0.29, 0.717) is 11.5 Å². The van der Waals surface area contributed by atoms with E-state index in [1.165, 1.54) is 17.7 Å². The minimum Gasteiger partial charge on any atom is -0.303 e. The summed E-state index contributed by atoms with van der Waals surface area (Å²) in [6.07, 6.45) is 0. The van der Waals surface area contributed by atoms with Crippen molar-refractivity contribution in [3.8, 4) is 0 Å². The maximum absolute atomic E-state index is 13.9. The molecular weight excluding hydrogens is 268 g/mol. The molecule has 0 bridgehead atoms. The van der Waals surface area contributed by atoms with Crippen molar-refractivity contribution >= 4 is 0 Å². The highest BCUT2D eigenvalue weighted by Gasteiger charge is 2.20. The Labute approximate surface area is 125 Å². The van der Waals surface area contributed by atoms with Gasteiger partial charge in [0, 0.05) is 23.7 Å². The second-order valence-corrected chi connectivity index (χ2v) is 5.69. The molecule has 0 saturated carbocycles. The molecule has 0 spiro atoms. The highest BCUT2D eigenvalue weighted by atomic mass is 19.1. The molecule has 0 radical (unpaired) electrons. The fourth-order valence-corrected chi connectivity index (χ4v) is 2.55. The second-order valence-electron chi connectivity index (χ2n) is 5.69. The van der Waals surface area contributed by atoms with Gasteiger partial charge >= 0.3 is 0 Å². The van der Waals surface area contributed by atoms with Gasteiger partial charge in [0.05, 0.1) is 0 Å². The van der Waals surface area contributed by atoms with Crippen LogP contribution in [0.2, 0.25) is 0 Å². The van der Waals surface area contributed by atoms with Crippen LogP contribution in [0.4, 0.5) is 8.78 Å². The molecule has 0 amide bonds. The van der Waals surface area contributed by atoms with Crippen LogP contribution in [0.25, 0.3) is 0 Å². The zero-order valence-corrected chi connectivity index (χ0v) is 12.6. The van der Waals surface area contributed by atoms with E-state index in [1.807, 2.05) is 25.1 Å². The van der Waals surface area contributed by atoms with Crippen LogP contribution in [0.3, 0.4) is 0 Å². The molecule has 0 aliphatic carbocycles. The van der Waals surface area contributed by atoms with Crippen molar-refractivity contribution in [1.29, 1.82) is 0 Å². The third kappa shape index (κ3) is 3.88. The molecule has 2 unspecified atom stereocenters. The van der Waals surface area contributed by atoms with E-state index in [2.05, 4.69) is 31.3 Å². The van der Waals surface area contributed by atoms with Gasteiger partial charge in [0.2, 0.25) is 0 Å². The maximum atomic E-state index is 13.9. The molecule has 2 rings (SSSR count). The molecule has 21 heavy (non-hydrogen) atoms. The lowest BCUT2D eigenvalue weighted by Crippen LogP contribution is -2.29. The Morgan fingerprint density at radius 3 is 2.14 bits per heavy atom. The normalized spacial score (nSPS) is 14.2. The molecule has 0 aromatic heterocycles. The van der Waals surface area contributed by atoms with E-state index in [-0.39, 0.29) is 12.1 Å². The zero-order chi connectivity index (χ0) is 15.4. The van der Waals surface area contributed by atoms with E-state index >= 15 is 0 Å². The summed E-state index contributed by atoms with van der Waals surface area (Å²) in [4.78, 5) is 0. The van der Waals surface area contributed by atoms with Crippen LogP contribution in [0, 0.1) is 17.6 Å². The molecule has 1 N–H and O–H groups in total. The van der Waals surface area contributed by atoms with Crippen LogP contribution < -0.4 is 5.32 Å². The lowest BCUT2D eigenvalue weighted by Gasteiger charge is -2.27. The van der Waals surface area contributed by atoms with Gasteiger partial charge in [-0.25, -0.2) is 8.78 Å². The van der Waals surface area contributed by atoms with Crippen LogP contribution in [-0.4, -0.2) is 0 Å². The smallest absolute Gasteiger partial charge is 0.130 e. The third-order valence-electron chi connectivity index (χ3n) is 3.68. The highest BCUT2D eigenvalue weighted by Crippen LogP contribution is 2.26. The van der Waals surface area contributed by atoms with Gasteiger partial charge in [-0.1, -0.05) is 50.2 Å². The first-order chi connectivity index (χ1) is 9.99. The molecule has 2 aromatic rings. The summed E-state index contributed by atoms with van der Waals surface area (Å²) in [5.41, 5.74) is 1.65. The van der Waals surface area contributed by atoms with Crippen molar-refractivity contribution in [1.82, 2.24) is 5.32 Å². The molecule has 2 aromatic carbocycles. The molecule has 2 atom stereocenters. The van der Waals surface area contributed by atoms with Crippen LogP contribution >= 0.6 is 0 Å². The average Bonchev–Trinajstić information content (AvgIpc) is 2.45. The fraction of sp³-hybridized carbons (Fsp3) is 0.333. The Balaban J connectivity index is 2.21. The molecule has 0 saturated heterocycles. The van der Waals surface area contributed by atoms with Crippen LogP contribution in [-0.2, 0) is 0 Å². The predicted octanol–water partition coefficient (Wildman–Crippen LogP) is 5.01. The minimum atomic E-state index is -0.549. The summed E-state index contributed by atoms with van der Waals surface area (Å²) in [5, 5.41) is 3.45. The third-order valence-corrected chi connectivity index (χ3v) is 3.68. The lowest BCUT2D eigenvalue weighted by molar-refractivity contribution is 0.368. The first-order valence-corrected chi connectivity index (χ1v) is 7.25. The molecule has 112 valence electrons. The van der Waals surface area contributed by atoms with Gasteiger partial charge in [0.25, 0.3) is 0 Å². The van der Waals surface area contributed by atoms with Crippen LogP contribution in [0.15, 0.2) is 48.5 Å². The van der Waals surface area contributed by atoms with E-state index in [9.17, 15) is 8.78 Å². The topological polar surface area (TPSA) is 12.0 Å². The van der Waals surface area contributed by atoms with E-state index in [1.54, 1.807) is 0 Å². The monoisotopic (exact) mass is 289 g/mol. The summed E-state index contributed by atoms with van der Waals surface area (Å²) < 4.78 is 26.9. The quantitative estimate of drug-likeness (QED) is 0.815. The first kappa shape index (κ1) is 15.6. The van der Waals surface area contributed by atoms with Crippen LogP contribution in [0.5, 0.6) is 0 Å². The fourth-order valence-electron chi connectivity index (χ4n) is 2.55. The van der Waals surface area contributed by atoms with Crippen molar-refractivity contribution in [2.45, 2.75) is 32.9 Å². The van der Waals surface area contributed by atoms with E-state index < -0.39 is 11.6 Å². The molecule has 3 heteroatoms. The average molecular weight is 289 g/mol. The molecule has 0 aliphatic heterocycles. The first-order valence-electron chi connectivity index (χ1n) is 7.25. The molecule has 0 heterocycles. The van der Waals surface area contributed by atoms with Crippen LogP contribution in [0.1, 0.15) is 44.0 Å². The van der Waals surface area contributed by atoms with Crippen molar-refractivity contribution in [2.75, 3.05) is 0 Å². The van der Waals surface area contributed by atoms with Gasteiger partial charge in [-0.15, -0.1) is 0 Å². The Morgan fingerprint density at radius 1 is 0.905 bits per heavy atom. The van der Waals surface area contributed by atoms with E-state index in [0.717, 1.165) is 6.07 Å². The summed E-state index contributed by atoms with van der Waals surface area (Å²) in [6, 6.07) is 13.7. The molecule has 1 nitrogen and oxygen atoms in total. The van der Waals surface area contributed by atoms with Crippen molar-refractivity contribution in [2.24, 2.45) is 5.92 Å². The van der Waals surface area contributed by atoms with Gasteiger partial charge in [0.15, 0.2) is 0 Å². The molecular formula is C18H21F2N. The lowest BCUT2D eigenvalue weighted by atomic mass is 9.94. The SMILES string of the molecule is CC(NC(c1ccccc1)C(C)C)c1ccc(F)cc1F. The van der Waals surface area contributed by atoms with E-state index in [4.69, 9.17) is 0 Å². The second kappa shape index (κ2) is 6.81. The Bertz CT molecular complexity index is 581. The number of benzene rings is 2. The van der Waals surface area contributed by atoms with Crippen molar-refractivity contribution in [3.05, 3.63) is 71.3 Å².